The first-order valence-electron chi connectivity index (χ1n) is 10.2. The van der Waals surface area contributed by atoms with Crippen LogP contribution in [0.2, 0.25) is 5.02 Å². The van der Waals surface area contributed by atoms with Crippen LogP contribution < -0.4 is 10.6 Å². The van der Waals surface area contributed by atoms with Crippen molar-refractivity contribution in [3.63, 3.8) is 0 Å². The lowest BCUT2D eigenvalue weighted by molar-refractivity contribution is 0.815. The van der Waals surface area contributed by atoms with Crippen LogP contribution in [0.15, 0.2) is 48.8 Å². The number of halogens is 1. The van der Waals surface area contributed by atoms with E-state index in [1.165, 1.54) is 16.7 Å². The Labute approximate surface area is 180 Å². The number of hydrogen-bond acceptors (Lipinski definition) is 5. The zero-order valence-electron chi connectivity index (χ0n) is 17.0. The Hall–Kier alpha value is -3.12. The molecule has 1 fully saturated rings. The van der Waals surface area contributed by atoms with Crippen LogP contribution >= 0.6 is 11.6 Å². The maximum Gasteiger partial charge on any atom is 0.253 e. The highest BCUT2D eigenvalue weighted by Gasteiger charge is 2.23. The third kappa shape index (κ3) is 3.71. The Kier molecular flexibility index (Phi) is 4.79. The topological polar surface area (TPSA) is 67.7 Å². The van der Waals surface area contributed by atoms with E-state index in [2.05, 4.69) is 47.8 Å². The number of fused-ring (bicyclic) bond motifs is 1. The summed E-state index contributed by atoms with van der Waals surface area (Å²) >= 11 is 6.63. The van der Waals surface area contributed by atoms with Crippen molar-refractivity contribution in [2.75, 3.05) is 10.6 Å². The summed E-state index contributed by atoms with van der Waals surface area (Å²) in [5, 5.41) is 12.9. The van der Waals surface area contributed by atoms with E-state index in [9.17, 15) is 0 Å². The molecule has 0 spiro atoms. The minimum Gasteiger partial charge on any atom is -0.380 e. The molecule has 30 heavy (non-hydrogen) atoms. The average molecular weight is 419 g/mol. The highest BCUT2D eigenvalue weighted by atomic mass is 35.5. The molecule has 2 aromatic carbocycles. The van der Waals surface area contributed by atoms with Crippen molar-refractivity contribution in [3.05, 3.63) is 70.5 Å². The van der Waals surface area contributed by atoms with Crippen LogP contribution in [0.3, 0.4) is 0 Å². The first kappa shape index (κ1) is 18.9. The largest absolute Gasteiger partial charge is 0.380 e. The van der Waals surface area contributed by atoms with Gasteiger partial charge in [0, 0.05) is 30.4 Å². The lowest BCUT2D eigenvalue weighted by atomic mass is 10.0. The fourth-order valence-electron chi connectivity index (χ4n) is 3.61. The van der Waals surface area contributed by atoms with Crippen molar-refractivity contribution in [2.45, 2.75) is 39.3 Å². The molecule has 2 heterocycles. The monoisotopic (exact) mass is 418 g/mol. The van der Waals surface area contributed by atoms with Crippen LogP contribution in [0.1, 0.15) is 29.5 Å². The van der Waals surface area contributed by atoms with Crippen LogP contribution in [0, 0.1) is 13.8 Å². The number of aromatic nitrogens is 4. The summed E-state index contributed by atoms with van der Waals surface area (Å²) in [7, 11) is 0. The molecule has 4 aromatic rings. The molecule has 0 aliphatic heterocycles. The molecule has 1 aliphatic rings. The van der Waals surface area contributed by atoms with Crippen LogP contribution in [-0.2, 0) is 6.54 Å². The molecule has 0 saturated heterocycles. The number of nitrogens with one attached hydrogen (secondary N) is 2. The fourth-order valence-corrected chi connectivity index (χ4v) is 3.83. The van der Waals surface area contributed by atoms with Gasteiger partial charge < -0.3 is 10.6 Å². The zero-order chi connectivity index (χ0) is 20.7. The Balaban J connectivity index is 1.54. The average Bonchev–Trinajstić information content (AvgIpc) is 3.36. The molecule has 1 saturated carbocycles. The van der Waals surface area contributed by atoms with Crippen molar-refractivity contribution in [1.29, 1.82) is 0 Å². The van der Waals surface area contributed by atoms with Gasteiger partial charge in [0.15, 0.2) is 0 Å². The molecule has 0 radical (unpaired) electrons. The van der Waals surface area contributed by atoms with Gasteiger partial charge in [-0.3, -0.25) is 0 Å². The summed E-state index contributed by atoms with van der Waals surface area (Å²) < 4.78 is 1.67. The Morgan fingerprint density at radius 2 is 1.90 bits per heavy atom. The van der Waals surface area contributed by atoms with Gasteiger partial charge in [-0.05, 0) is 61.6 Å². The first-order valence-corrected chi connectivity index (χ1v) is 10.5. The molecule has 0 bridgehead atoms. The third-order valence-corrected chi connectivity index (χ3v) is 5.81. The molecular formula is C23H23ClN6. The van der Waals surface area contributed by atoms with E-state index in [4.69, 9.17) is 21.6 Å². The zero-order valence-corrected chi connectivity index (χ0v) is 17.7. The summed E-state index contributed by atoms with van der Waals surface area (Å²) in [6.07, 6.45) is 5.88. The summed E-state index contributed by atoms with van der Waals surface area (Å²) in [6.45, 7) is 4.98. The molecule has 6 nitrogen and oxygen atoms in total. The van der Waals surface area contributed by atoms with Gasteiger partial charge in [-0.25, -0.2) is 9.67 Å². The Morgan fingerprint density at radius 1 is 1.10 bits per heavy atom. The van der Waals surface area contributed by atoms with E-state index in [0.29, 0.717) is 23.6 Å². The van der Waals surface area contributed by atoms with Crippen molar-refractivity contribution in [2.24, 2.45) is 0 Å². The summed E-state index contributed by atoms with van der Waals surface area (Å²) in [5.41, 5.74) is 5.49. The summed E-state index contributed by atoms with van der Waals surface area (Å²) in [5.74, 6) is 1.35. The van der Waals surface area contributed by atoms with E-state index < -0.39 is 0 Å². The summed E-state index contributed by atoms with van der Waals surface area (Å²) in [6, 6.07) is 12.6. The second-order valence-electron chi connectivity index (χ2n) is 7.81. The lowest BCUT2D eigenvalue weighted by Gasteiger charge is -2.15. The maximum absolute atomic E-state index is 6.63. The predicted molar refractivity (Wildman–Crippen MR) is 122 cm³/mol. The molecule has 0 amide bonds. The van der Waals surface area contributed by atoms with E-state index >= 15 is 0 Å². The SMILES string of the molecule is Cc1cccc(C)c1CNc1cc2c(NC3CC3)nc(-n3cccn3)nc2cc1Cl. The molecule has 5 rings (SSSR count). The third-order valence-electron chi connectivity index (χ3n) is 5.50. The molecule has 2 aromatic heterocycles. The summed E-state index contributed by atoms with van der Waals surface area (Å²) in [4.78, 5) is 9.44. The molecule has 0 unspecified atom stereocenters. The van der Waals surface area contributed by atoms with Crippen LogP contribution in [0.4, 0.5) is 11.5 Å². The lowest BCUT2D eigenvalue weighted by Crippen LogP contribution is -2.10. The van der Waals surface area contributed by atoms with Gasteiger partial charge in [-0.1, -0.05) is 29.8 Å². The predicted octanol–water partition coefficient (Wildman–Crippen LogP) is 5.27. The molecule has 7 heteroatoms. The number of rotatable bonds is 6. The second-order valence-corrected chi connectivity index (χ2v) is 8.22. The smallest absolute Gasteiger partial charge is 0.253 e. The number of benzene rings is 2. The Morgan fingerprint density at radius 3 is 2.60 bits per heavy atom. The molecule has 1 aliphatic carbocycles. The molecule has 0 atom stereocenters. The fraction of sp³-hybridized carbons (Fsp3) is 0.261. The maximum atomic E-state index is 6.63. The minimum atomic E-state index is 0.468. The normalized spacial score (nSPS) is 13.6. The van der Waals surface area contributed by atoms with Crippen LogP contribution in [0.25, 0.3) is 16.9 Å². The number of anilines is 2. The number of nitrogens with zero attached hydrogens (tertiary/aromatic N) is 4. The van der Waals surface area contributed by atoms with Crippen molar-refractivity contribution < 1.29 is 0 Å². The van der Waals surface area contributed by atoms with Crippen molar-refractivity contribution in [3.8, 4) is 5.95 Å². The highest BCUT2D eigenvalue weighted by Crippen LogP contribution is 2.34. The van der Waals surface area contributed by atoms with Gasteiger partial charge in [0.2, 0.25) is 0 Å². The van der Waals surface area contributed by atoms with Gasteiger partial charge >= 0.3 is 0 Å². The second kappa shape index (κ2) is 7.61. The Bertz CT molecular complexity index is 1190. The standard InChI is InChI=1S/C23H23ClN6/c1-14-5-3-6-15(2)18(14)13-25-21-11-17-20(12-19(21)24)28-23(30-10-4-9-26-30)29-22(17)27-16-7-8-16/h3-6,9-12,16,25H,7-8,13H2,1-2H3,(H,27,28,29). The van der Waals surface area contributed by atoms with Gasteiger partial charge in [-0.2, -0.15) is 10.1 Å². The van der Waals surface area contributed by atoms with Gasteiger partial charge in [0.25, 0.3) is 5.95 Å². The van der Waals surface area contributed by atoms with E-state index in [1.54, 1.807) is 10.9 Å². The van der Waals surface area contributed by atoms with Crippen molar-refractivity contribution in [1.82, 2.24) is 19.7 Å². The van der Waals surface area contributed by atoms with E-state index in [0.717, 1.165) is 35.2 Å². The first-order chi connectivity index (χ1) is 14.6. The molecular weight excluding hydrogens is 396 g/mol. The minimum absolute atomic E-state index is 0.468. The quantitative estimate of drug-likeness (QED) is 0.446. The molecule has 152 valence electrons. The van der Waals surface area contributed by atoms with Gasteiger partial charge in [0.05, 0.1) is 16.2 Å². The van der Waals surface area contributed by atoms with Crippen molar-refractivity contribution >= 4 is 34.0 Å². The van der Waals surface area contributed by atoms with Gasteiger partial charge in [0.1, 0.15) is 5.82 Å². The number of hydrogen-bond donors (Lipinski definition) is 2. The van der Waals surface area contributed by atoms with E-state index in [1.807, 2.05) is 24.4 Å². The molecule has 2 N–H and O–H groups in total. The number of aryl methyl sites for hydroxylation is 2. The van der Waals surface area contributed by atoms with Crippen LogP contribution in [0.5, 0.6) is 0 Å². The van der Waals surface area contributed by atoms with Gasteiger partial charge in [-0.15, -0.1) is 0 Å². The van der Waals surface area contributed by atoms with Crippen LogP contribution in [-0.4, -0.2) is 25.8 Å². The van der Waals surface area contributed by atoms with E-state index in [-0.39, 0.29) is 0 Å². The highest BCUT2D eigenvalue weighted by molar-refractivity contribution is 6.34.